The molecule has 1 aromatic carbocycles. The van der Waals surface area contributed by atoms with E-state index in [1.54, 1.807) is 36.4 Å². The molecule has 1 heterocycles. The molecule has 6 heteroatoms. The van der Waals surface area contributed by atoms with Crippen LogP contribution >= 0.6 is 11.6 Å². The molecule has 1 atom stereocenters. The Morgan fingerprint density at radius 2 is 1.75 bits per heavy atom. The predicted octanol–water partition coefficient (Wildman–Crippen LogP) is 2.45. The number of nitrogens with two attached hydrogens (primary N) is 1. The Kier molecular flexibility index (Phi) is 3.62. The quantitative estimate of drug-likeness (QED) is 0.796. The highest BCUT2D eigenvalue weighted by molar-refractivity contribution is 6.30. The van der Waals surface area contributed by atoms with Crippen molar-refractivity contribution in [2.24, 2.45) is 5.73 Å². The molecule has 5 nitrogen and oxygen atoms in total. The molecule has 20 heavy (non-hydrogen) atoms. The van der Waals surface area contributed by atoms with Crippen molar-refractivity contribution in [1.29, 1.82) is 15.8 Å². The Labute approximate surface area is 120 Å². The third-order valence-electron chi connectivity index (χ3n) is 2.80. The fourth-order valence-electron chi connectivity index (χ4n) is 1.90. The monoisotopic (exact) mass is 282 g/mol. The molecule has 0 bridgehead atoms. The zero-order chi connectivity index (χ0) is 14.7. The lowest BCUT2D eigenvalue weighted by Crippen LogP contribution is -2.04. The van der Waals surface area contributed by atoms with Crippen molar-refractivity contribution in [3.05, 3.63) is 57.5 Å². The van der Waals surface area contributed by atoms with Gasteiger partial charge in [-0.1, -0.05) is 23.7 Å². The van der Waals surface area contributed by atoms with Gasteiger partial charge < -0.3 is 10.5 Å². The fraction of sp³-hybridized carbons (Fsp3) is 0.0714. The maximum Gasteiger partial charge on any atom is 0.203 e. The second-order valence-corrected chi connectivity index (χ2v) is 4.35. The standard InChI is InChI=1S/C14H7ClN4O/c15-10-3-1-8(2-4-10)13-12(9(5-16)6-17)11(7-18)14(19)20-13/h1-4,13H,19H2. The normalized spacial score (nSPS) is 16.9. The number of benzene rings is 1. The molecule has 1 aliphatic heterocycles. The van der Waals surface area contributed by atoms with E-state index < -0.39 is 6.10 Å². The number of rotatable bonds is 1. The summed E-state index contributed by atoms with van der Waals surface area (Å²) >= 11 is 5.81. The van der Waals surface area contributed by atoms with Crippen LogP contribution in [0.25, 0.3) is 0 Å². The molecule has 0 aromatic heterocycles. The van der Waals surface area contributed by atoms with Gasteiger partial charge in [0, 0.05) is 10.6 Å². The number of hydrogen-bond donors (Lipinski definition) is 1. The summed E-state index contributed by atoms with van der Waals surface area (Å²) in [4.78, 5) is 0. The molecule has 0 aliphatic carbocycles. The van der Waals surface area contributed by atoms with Gasteiger partial charge in [-0.3, -0.25) is 0 Å². The molecule has 0 fully saturated rings. The lowest BCUT2D eigenvalue weighted by Gasteiger charge is -2.13. The van der Waals surface area contributed by atoms with Crippen molar-refractivity contribution in [2.45, 2.75) is 6.10 Å². The summed E-state index contributed by atoms with van der Waals surface area (Å²) < 4.78 is 5.42. The SMILES string of the molecule is N#CC(C#N)=C1C(C#N)=C(N)OC1c1ccc(Cl)cc1. The fourth-order valence-corrected chi connectivity index (χ4v) is 2.02. The summed E-state index contributed by atoms with van der Waals surface area (Å²) in [6.07, 6.45) is -0.754. The largest absolute Gasteiger partial charge is 0.465 e. The van der Waals surface area contributed by atoms with Gasteiger partial charge >= 0.3 is 0 Å². The van der Waals surface area contributed by atoms with Crippen molar-refractivity contribution in [3.8, 4) is 18.2 Å². The average molecular weight is 283 g/mol. The number of hydrogen-bond acceptors (Lipinski definition) is 5. The van der Waals surface area contributed by atoms with Crippen molar-refractivity contribution < 1.29 is 4.74 Å². The highest BCUT2D eigenvalue weighted by atomic mass is 35.5. The Hall–Kier alpha value is -2.94. The van der Waals surface area contributed by atoms with Gasteiger partial charge in [-0.25, -0.2) is 0 Å². The predicted molar refractivity (Wildman–Crippen MR) is 70.4 cm³/mol. The second kappa shape index (κ2) is 5.36. The minimum absolute atomic E-state index is 0.0167. The molecule has 0 saturated heterocycles. The van der Waals surface area contributed by atoms with Crippen LogP contribution in [0.5, 0.6) is 0 Å². The van der Waals surface area contributed by atoms with E-state index in [1.165, 1.54) is 0 Å². The molecule has 0 saturated carbocycles. The molecule has 1 aromatic rings. The van der Waals surface area contributed by atoms with Gasteiger partial charge in [-0.2, -0.15) is 15.8 Å². The van der Waals surface area contributed by atoms with Crippen molar-refractivity contribution in [2.75, 3.05) is 0 Å². The van der Waals surface area contributed by atoms with E-state index in [-0.39, 0.29) is 22.6 Å². The minimum Gasteiger partial charge on any atom is -0.465 e. The Balaban J connectivity index is 2.61. The minimum atomic E-state index is -0.754. The molecule has 1 aliphatic rings. The van der Waals surface area contributed by atoms with E-state index in [9.17, 15) is 0 Å². The van der Waals surface area contributed by atoms with Gasteiger partial charge in [0.05, 0.1) is 0 Å². The van der Waals surface area contributed by atoms with Crippen molar-refractivity contribution in [3.63, 3.8) is 0 Å². The topological polar surface area (TPSA) is 107 Å². The van der Waals surface area contributed by atoms with Crippen LogP contribution in [-0.4, -0.2) is 0 Å². The Morgan fingerprint density at radius 1 is 1.15 bits per heavy atom. The number of halogens is 1. The molecule has 2 N–H and O–H groups in total. The number of nitriles is 3. The molecular formula is C14H7ClN4O. The van der Waals surface area contributed by atoms with Gasteiger partial charge in [0.15, 0.2) is 6.10 Å². The van der Waals surface area contributed by atoms with E-state index >= 15 is 0 Å². The van der Waals surface area contributed by atoms with Crippen molar-refractivity contribution in [1.82, 2.24) is 0 Å². The van der Waals surface area contributed by atoms with Crippen LogP contribution in [0.3, 0.4) is 0 Å². The van der Waals surface area contributed by atoms with Crippen LogP contribution in [0.2, 0.25) is 5.02 Å². The van der Waals surface area contributed by atoms with Crippen LogP contribution < -0.4 is 5.73 Å². The van der Waals surface area contributed by atoms with E-state index in [4.69, 9.17) is 37.9 Å². The van der Waals surface area contributed by atoms with Crippen LogP contribution in [0.1, 0.15) is 11.7 Å². The smallest absolute Gasteiger partial charge is 0.203 e. The lowest BCUT2D eigenvalue weighted by atomic mass is 9.94. The molecule has 0 spiro atoms. The summed E-state index contributed by atoms with van der Waals surface area (Å²) in [7, 11) is 0. The Bertz CT molecular complexity index is 725. The van der Waals surface area contributed by atoms with Gasteiger partial charge in [0.25, 0.3) is 0 Å². The third kappa shape index (κ3) is 2.17. The van der Waals surface area contributed by atoms with Gasteiger partial charge in [-0.15, -0.1) is 0 Å². The lowest BCUT2D eigenvalue weighted by molar-refractivity contribution is 0.166. The van der Waals surface area contributed by atoms with E-state index in [0.29, 0.717) is 10.6 Å². The first-order chi connectivity index (χ1) is 9.62. The summed E-state index contributed by atoms with van der Waals surface area (Å²) in [5.74, 6) is -0.0922. The van der Waals surface area contributed by atoms with Gasteiger partial charge in [-0.05, 0) is 17.7 Å². The highest BCUT2D eigenvalue weighted by Gasteiger charge is 2.34. The van der Waals surface area contributed by atoms with E-state index in [0.717, 1.165) is 0 Å². The zero-order valence-corrected chi connectivity index (χ0v) is 10.8. The van der Waals surface area contributed by atoms with Crippen LogP contribution in [0.4, 0.5) is 0 Å². The van der Waals surface area contributed by atoms with Gasteiger partial charge in [0.1, 0.15) is 29.4 Å². The first kappa shape index (κ1) is 13.5. The van der Waals surface area contributed by atoms with Crippen molar-refractivity contribution >= 4 is 11.6 Å². The number of nitrogens with zero attached hydrogens (tertiary/aromatic N) is 3. The molecule has 2 rings (SSSR count). The summed E-state index contributed by atoms with van der Waals surface area (Å²) in [5, 5.41) is 27.7. The Morgan fingerprint density at radius 3 is 2.25 bits per heavy atom. The van der Waals surface area contributed by atoms with Crippen LogP contribution in [0.15, 0.2) is 46.9 Å². The first-order valence-electron chi connectivity index (χ1n) is 5.49. The molecular weight excluding hydrogens is 276 g/mol. The highest BCUT2D eigenvalue weighted by Crippen LogP contribution is 2.40. The summed E-state index contributed by atoms with van der Waals surface area (Å²) in [6, 6.07) is 12.1. The van der Waals surface area contributed by atoms with E-state index in [1.807, 2.05) is 6.07 Å². The number of allylic oxidation sites excluding steroid dienone is 1. The van der Waals surface area contributed by atoms with E-state index in [2.05, 4.69) is 0 Å². The number of ether oxygens (including phenoxy) is 1. The third-order valence-corrected chi connectivity index (χ3v) is 3.05. The second-order valence-electron chi connectivity index (χ2n) is 3.91. The summed E-state index contributed by atoms with van der Waals surface area (Å²) in [6.45, 7) is 0. The molecule has 0 amide bonds. The molecule has 96 valence electrons. The summed E-state index contributed by atoms with van der Waals surface area (Å²) in [5.41, 5.74) is 6.31. The maximum absolute atomic E-state index is 9.11. The van der Waals surface area contributed by atoms with Crippen LogP contribution in [-0.2, 0) is 4.74 Å². The molecule has 1 unspecified atom stereocenters. The first-order valence-corrected chi connectivity index (χ1v) is 5.86. The zero-order valence-electron chi connectivity index (χ0n) is 10.1. The molecule has 0 radical (unpaired) electrons. The average Bonchev–Trinajstić information content (AvgIpc) is 2.78. The van der Waals surface area contributed by atoms with Gasteiger partial charge in [0.2, 0.25) is 5.88 Å². The van der Waals surface area contributed by atoms with Crippen LogP contribution in [0, 0.1) is 34.0 Å². The maximum atomic E-state index is 9.11.